The molecule has 1 aromatic rings. The van der Waals surface area contributed by atoms with Gasteiger partial charge in [-0.25, -0.2) is 0 Å². The summed E-state index contributed by atoms with van der Waals surface area (Å²) in [6.45, 7) is 3.54. The largest absolute Gasteiger partial charge is 0.496 e. The molecule has 1 atom stereocenters. The number of nitrogens with zero attached hydrogens (tertiary/aromatic N) is 2. The summed E-state index contributed by atoms with van der Waals surface area (Å²) in [6.07, 6.45) is -0.230. The molecule has 0 radical (unpaired) electrons. The van der Waals surface area contributed by atoms with Crippen molar-refractivity contribution in [2.45, 2.75) is 13.0 Å². The van der Waals surface area contributed by atoms with Crippen LogP contribution < -0.4 is 9.47 Å². The molecule has 1 saturated heterocycles. The number of aliphatic carboxylic acids is 1. The van der Waals surface area contributed by atoms with Crippen LogP contribution in [-0.4, -0.2) is 86.9 Å². The van der Waals surface area contributed by atoms with Crippen LogP contribution in [0.3, 0.4) is 0 Å². The van der Waals surface area contributed by atoms with E-state index in [0.29, 0.717) is 43.3 Å². The Morgan fingerprint density at radius 2 is 1.92 bits per heavy atom. The monoisotopic (exact) mass is 366 g/mol. The molecule has 2 rings (SSSR count). The molecule has 1 unspecified atom stereocenters. The van der Waals surface area contributed by atoms with Crippen LogP contribution in [0.1, 0.15) is 15.9 Å². The number of rotatable bonds is 7. The summed E-state index contributed by atoms with van der Waals surface area (Å²) in [5.74, 6) is 0.170. The van der Waals surface area contributed by atoms with Gasteiger partial charge in [0, 0.05) is 30.8 Å². The van der Waals surface area contributed by atoms with Crippen LogP contribution >= 0.6 is 0 Å². The van der Waals surface area contributed by atoms with Gasteiger partial charge < -0.3 is 24.2 Å². The Morgan fingerprint density at radius 1 is 1.31 bits per heavy atom. The van der Waals surface area contributed by atoms with Crippen LogP contribution in [-0.2, 0) is 9.53 Å². The molecular weight excluding hydrogens is 340 g/mol. The third kappa shape index (κ3) is 4.86. The summed E-state index contributed by atoms with van der Waals surface area (Å²) < 4.78 is 16.4. The van der Waals surface area contributed by atoms with Crippen LogP contribution in [0.5, 0.6) is 11.5 Å². The molecule has 0 bridgehead atoms. The second kappa shape index (κ2) is 8.86. The third-order valence-electron chi connectivity index (χ3n) is 4.35. The first-order valence-corrected chi connectivity index (χ1v) is 8.39. The summed E-state index contributed by atoms with van der Waals surface area (Å²) in [5, 5.41) is 8.85. The van der Waals surface area contributed by atoms with Crippen molar-refractivity contribution >= 4 is 11.9 Å². The lowest BCUT2D eigenvalue weighted by atomic mass is 10.1. The van der Waals surface area contributed by atoms with E-state index in [4.69, 9.17) is 19.3 Å². The highest BCUT2D eigenvalue weighted by Gasteiger charge is 2.27. The van der Waals surface area contributed by atoms with E-state index >= 15 is 0 Å². The number of hydrogen-bond donors (Lipinski definition) is 1. The quantitative estimate of drug-likeness (QED) is 0.766. The van der Waals surface area contributed by atoms with E-state index < -0.39 is 5.97 Å². The van der Waals surface area contributed by atoms with Gasteiger partial charge >= 0.3 is 5.97 Å². The molecule has 0 spiro atoms. The minimum Gasteiger partial charge on any atom is -0.496 e. The van der Waals surface area contributed by atoms with Gasteiger partial charge in [-0.2, -0.15) is 0 Å². The lowest BCUT2D eigenvalue weighted by Gasteiger charge is -2.34. The second-order valence-corrected chi connectivity index (χ2v) is 6.34. The number of benzene rings is 1. The standard InChI is InChI=1S/C18H26N2O6/c1-12-15(24-3)7-13(8-16(12)25-4)18(23)20-5-6-26-14(10-20)9-19(2)11-17(21)22/h7-8,14H,5-6,9-11H2,1-4H3,(H,21,22). The van der Waals surface area contributed by atoms with E-state index in [9.17, 15) is 9.59 Å². The summed E-state index contributed by atoms with van der Waals surface area (Å²) >= 11 is 0. The molecule has 0 saturated carbocycles. The van der Waals surface area contributed by atoms with Gasteiger partial charge in [0.2, 0.25) is 0 Å². The number of likely N-dealkylation sites (N-methyl/N-ethyl adjacent to an activating group) is 1. The molecule has 1 heterocycles. The highest BCUT2D eigenvalue weighted by Crippen LogP contribution is 2.30. The Hall–Kier alpha value is -2.32. The summed E-state index contributed by atoms with van der Waals surface area (Å²) in [6, 6.07) is 3.42. The van der Waals surface area contributed by atoms with E-state index in [1.54, 1.807) is 43.2 Å². The first-order valence-electron chi connectivity index (χ1n) is 8.39. The van der Waals surface area contributed by atoms with Gasteiger partial charge in [0.1, 0.15) is 11.5 Å². The molecule has 1 aromatic carbocycles. The van der Waals surface area contributed by atoms with E-state index in [-0.39, 0.29) is 18.6 Å². The predicted octanol–water partition coefficient (Wildman–Crippen LogP) is 0.870. The fraction of sp³-hybridized carbons (Fsp3) is 0.556. The van der Waals surface area contributed by atoms with Crippen molar-refractivity contribution in [2.75, 3.05) is 54.1 Å². The number of hydrogen-bond acceptors (Lipinski definition) is 6. The van der Waals surface area contributed by atoms with E-state index in [2.05, 4.69) is 0 Å². The fourth-order valence-electron chi connectivity index (χ4n) is 3.05. The second-order valence-electron chi connectivity index (χ2n) is 6.34. The van der Waals surface area contributed by atoms with Gasteiger partial charge in [0.15, 0.2) is 0 Å². The maximum absolute atomic E-state index is 12.9. The van der Waals surface area contributed by atoms with Crippen LogP contribution in [0.2, 0.25) is 0 Å². The number of ether oxygens (including phenoxy) is 3. The van der Waals surface area contributed by atoms with E-state index in [1.807, 2.05) is 6.92 Å². The van der Waals surface area contributed by atoms with Crippen LogP contribution in [0.15, 0.2) is 12.1 Å². The summed E-state index contributed by atoms with van der Waals surface area (Å²) in [5.41, 5.74) is 1.32. The van der Waals surface area contributed by atoms with Gasteiger partial charge in [-0.15, -0.1) is 0 Å². The minimum atomic E-state index is -0.893. The average molecular weight is 366 g/mol. The Bertz CT molecular complexity index is 638. The van der Waals surface area contributed by atoms with E-state index in [0.717, 1.165) is 5.56 Å². The Balaban J connectivity index is 2.10. The van der Waals surface area contributed by atoms with Crippen molar-refractivity contribution in [3.8, 4) is 11.5 Å². The van der Waals surface area contributed by atoms with Crippen LogP contribution in [0.4, 0.5) is 0 Å². The zero-order valence-corrected chi connectivity index (χ0v) is 15.7. The maximum atomic E-state index is 12.9. The number of morpholine rings is 1. The maximum Gasteiger partial charge on any atom is 0.317 e. The normalized spacial score (nSPS) is 17.3. The third-order valence-corrected chi connectivity index (χ3v) is 4.35. The molecule has 1 N–H and O–H groups in total. The molecule has 0 aromatic heterocycles. The smallest absolute Gasteiger partial charge is 0.317 e. The predicted molar refractivity (Wildman–Crippen MR) is 95.1 cm³/mol. The molecular formula is C18H26N2O6. The fourth-order valence-corrected chi connectivity index (χ4v) is 3.05. The molecule has 8 nitrogen and oxygen atoms in total. The molecule has 26 heavy (non-hydrogen) atoms. The molecule has 1 aliphatic rings. The average Bonchev–Trinajstić information content (AvgIpc) is 2.60. The van der Waals surface area contributed by atoms with Gasteiger partial charge in [0.25, 0.3) is 5.91 Å². The SMILES string of the molecule is COc1cc(C(=O)N2CCOC(CN(C)CC(=O)O)C2)cc(OC)c1C. The number of amides is 1. The number of carbonyl (C=O) groups is 2. The number of carboxylic acids is 1. The van der Waals surface area contributed by atoms with Gasteiger partial charge in [-0.1, -0.05) is 0 Å². The number of carboxylic acid groups (broad SMARTS) is 1. The van der Waals surface area contributed by atoms with Gasteiger partial charge in [0.05, 0.1) is 33.5 Å². The summed E-state index contributed by atoms with van der Waals surface area (Å²) in [4.78, 5) is 27.1. The van der Waals surface area contributed by atoms with Gasteiger partial charge in [-0.3, -0.25) is 14.5 Å². The van der Waals surface area contributed by atoms with Crippen molar-refractivity contribution < 1.29 is 28.9 Å². The van der Waals surface area contributed by atoms with Crippen LogP contribution in [0.25, 0.3) is 0 Å². The number of methoxy groups -OCH3 is 2. The molecule has 8 heteroatoms. The zero-order valence-electron chi connectivity index (χ0n) is 15.7. The van der Waals surface area contributed by atoms with Gasteiger partial charge in [-0.05, 0) is 26.1 Å². The van der Waals surface area contributed by atoms with Crippen molar-refractivity contribution in [1.29, 1.82) is 0 Å². The minimum absolute atomic E-state index is 0.0693. The number of carbonyl (C=O) groups excluding carboxylic acids is 1. The molecule has 144 valence electrons. The van der Waals surface area contributed by atoms with Crippen molar-refractivity contribution in [3.05, 3.63) is 23.3 Å². The molecule has 1 aliphatic heterocycles. The van der Waals surface area contributed by atoms with E-state index in [1.165, 1.54) is 0 Å². The Labute approximate surface area is 153 Å². The first kappa shape index (κ1) is 20.0. The molecule has 1 fully saturated rings. The lowest BCUT2D eigenvalue weighted by molar-refractivity contribution is -0.138. The van der Waals surface area contributed by atoms with Crippen LogP contribution in [0, 0.1) is 6.92 Å². The Morgan fingerprint density at radius 3 is 2.46 bits per heavy atom. The summed E-state index contributed by atoms with van der Waals surface area (Å²) in [7, 11) is 4.83. The van der Waals surface area contributed by atoms with Crippen molar-refractivity contribution in [3.63, 3.8) is 0 Å². The van der Waals surface area contributed by atoms with Crippen molar-refractivity contribution in [2.24, 2.45) is 0 Å². The molecule has 1 amide bonds. The Kier molecular flexibility index (Phi) is 6.82. The lowest BCUT2D eigenvalue weighted by Crippen LogP contribution is -2.49. The molecule has 0 aliphatic carbocycles. The highest BCUT2D eigenvalue weighted by molar-refractivity contribution is 5.95. The highest BCUT2D eigenvalue weighted by atomic mass is 16.5. The topological polar surface area (TPSA) is 88.5 Å². The van der Waals surface area contributed by atoms with Crippen molar-refractivity contribution in [1.82, 2.24) is 9.80 Å². The first-order chi connectivity index (χ1) is 12.3. The zero-order chi connectivity index (χ0) is 19.3.